The molecule has 0 radical (unpaired) electrons. The molecule has 0 unspecified atom stereocenters. The van der Waals surface area contributed by atoms with Gasteiger partial charge in [0.1, 0.15) is 6.61 Å². The molecule has 1 heterocycles. The average molecular weight is 166 g/mol. The van der Waals surface area contributed by atoms with E-state index in [0.29, 0.717) is 18.5 Å². The summed E-state index contributed by atoms with van der Waals surface area (Å²) in [6.45, 7) is 3.95. The van der Waals surface area contributed by atoms with Crippen molar-refractivity contribution in [3.8, 4) is 11.9 Å². The van der Waals surface area contributed by atoms with Crippen LogP contribution in [0.2, 0.25) is 0 Å². The summed E-state index contributed by atoms with van der Waals surface area (Å²) in [6, 6.07) is 1.96. The van der Waals surface area contributed by atoms with Gasteiger partial charge in [0.2, 0.25) is 5.88 Å². The third-order valence-corrected chi connectivity index (χ3v) is 1.14. The number of rotatable bonds is 4. The van der Waals surface area contributed by atoms with Gasteiger partial charge in [-0.3, -0.25) is 0 Å². The zero-order chi connectivity index (χ0) is 8.81. The first-order chi connectivity index (χ1) is 5.86. The van der Waals surface area contributed by atoms with Gasteiger partial charge in [-0.05, 0) is 0 Å². The van der Waals surface area contributed by atoms with Crippen LogP contribution in [0.15, 0.2) is 24.9 Å². The second-order valence-electron chi connectivity index (χ2n) is 1.98. The minimum Gasteiger partial charge on any atom is -0.473 e. The van der Waals surface area contributed by atoms with E-state index >= 15 is 0 Å². The van der Waals surface area contributed by atoms with Crippen LogP contribution in [-0.4, -0.2) is 23.7 Å². The van der Waals surface area contributed by atoms with Crippen molar-refractivity contribution in [2.24, 2.45) is 0 Å². The minimum atomic E-state index is 0.302. The van der Waals surface area contributed by atoms with Crippen molar-refractivity contribution in [3.05, 3.63) is 24.9 Å². The molecule has 1 aromatic heterocycles. The molecular formula is C8H10N2O2. The molecule has 12 heavy (non-hydrogen) atoms. The van der Waals surface area contributed by atoms with E-state index in [1.165, 1.54) is 7.11 Å². The third-order valence-electron chi connectivity index (χ3n) is 1.14. The van der Waals surface area contributed by atoms with E-state index in [2.05, 4.69) is 16.5 Å². The fourth-order valence-corrected chi connectivity index (χ4v) is 0.648. The number of methoxy groups -OCH3 is 1. The molecule has 0 atom stereocenters. The summed E-state index contributed by atoms with van der Waals surface area (Å²) >= 11 is 0. The monoisotopic (exact) mass is 166 g/mol. The molecule has 1 aromatic rings. The summed E-state index contributed by atoms with van der Waals surface area (Å²) in [5, 5.41) is 0. The molecule has 0 aliphatic rings. The second-order valence-corrected chi connectivity index (χ2v) is 1.98. The zero-order valence-corrected chi connectivity index (χ0v) is 6.86. The summed E-state index contributed by atoms with van der Waals surface area (Å²) in [6.07, 6.45) is 3.22. The maximum absolute atomic E-state index is 5.15. The number of nitrogens with zero attached hydrogens (tertiary/aromatic N) is 2. The first kappa shape index (κ1) is 8.52. The van der Waals surface area contributed by atoms with Gasteiger partial charge in [-0.1, -0.05) is 12.7 Å². The van der Waals surface area contributed by atoms with Crippen LogP contribution in [0.25, 0.3) is 0 Å². The summed E-state index contributed by atoms with van der Waals surface area (Å²) in [5.41, 5.74) is 0. The van der Waals surface area contributed by atoms with Gasteiger partial charge in [-0.2, -0.15) is 4.98 Å². The fourth-order valence-electron chi connectivity index (χ4n) is 0.648. The average Bonchev–Trinajstić information content (AvgIpc) is 2.15. The highest BCUT2D eigenvalue weighted by Crippen LogP contribution is 2.08. The summed E-state index contributed by atoms with van der Waals surface area (Å²) in [5.74, 6) is 0.488. The van der Waals surface area contributed by atoms with Crippen LogP contribution in [0, 0.1) is 0 Å². The first-order valence-electron chi connectivity index (χ1n) is 3.47. The van der Waals surface area contributed by atoms with Crippen LogP contribution >= 0.6 is 0 Å². The topological polar surface area (TPSA) is 44.2 Å². The van der Waals surface area contributed by atoms with E-state index in [-0.39, 0.29) is 0 Å². The zero-order valence-electron chi connectivity index (χ0n) is 6.86. The van der Waals surface area contributed by atoms with Gasteiger partial charge < -0.3 is 9.47 Å². The second kappa shape index (κ2) is 4.33. The van der Waals surface area contributed by atoms with Gasteiger partial charge in [0.05, 0.1) is 7.11 Å². The molecule has 0 aliphatic heterocycles. The predicted octanol–water partition coefficient (Wildman–Crippen LogP) is 1.05. The lowest BCUT2D eigenvalue weighted by Gasteiger charge is -2.01. The SMILES string of the molecule is C=CCOc1ccnc(OC)n1. The smallest absolute Gasteiger partial charge is 0.319 e. The Morgan fingerprint density at radius 3 is 3.17 bits per heavy atom. The van der Waals surface area contributed by atoms with Gasteiger partial charge >= 0.3 is 6.01 Å². The quantitative estimate of drug-likeness (QED) is 0.627. The largest absolute Gasteiger partial charge is 0.473 e. The van der Waals surface area contributed by atoms with Crippen LogP contribution in [0.4, 0.5) is 0 Å². The van der Waals surface area contributed by atoms with Crippen molar-refractivity contribution < 1.29 is 9.47 Å². The maximum atomic E-state index is 5.15. The van der Waals surface area contributed by atoms with Crippen molar-refractivity contribution >= 4 is 0 Å². The molecule has 64 valence electrons. The first-order valence-corrected chi connectivity index (χ1v) is 3.47. The van der Waals surface area contributed by atoms with Crippen LogP contribution in [0.1, 0.15) is 0 Å². The standard InChI is InChI=1S/C8H10N2O2/c1-3-6-12-7-4-5-9-8(10-7)11-2/h3-5H,1,6H2,2H3. The van der Waals surface area contributed by atoms with Gasteiger partial charge in [0, 0.05) is 12.3 Å². The van der Waals surface area contributed by atoms with Crippen molar-refractivity contribution in [2.45, 2.75) is 0 Å². The van der Waals surface area contributed by atoms with E-state index < -0.39 is 0 Å². The normalized spacial score (nSPS) is 9.08. The Morgan fingerprint density at radius 1 is 1.67 bits per heavy atom. The molecule has 0 bridgehead atoms. The summed E-state index contributed by atoms with van der Waals surface area (Å²) in [7, 11) is 1.51. The van der Waals surface area contributed by atoms with Gasteiger partial charge in [-0.15, -0.1) is 0 Å². The Kier molecular flexibility index (Phi) is 3.07. The van der Waals surface area contributed by atoms with E-state index in [1.54, 1.807) is 18.3 Å². The lowest BCUT2D eigenvalue weighted by molar-refractivity contribution is 0.327. The highest BCUT2D eigenvalue weighted by molar-refractivity contribution is 5.11. The molecule has 0 N–H and O–H groups in total. The number of hydrogen-bond donors (Lipinski definition) is 0. The number of ether oxygens (including phenoxy) is 2. The van der Waals surface area contributed by atoms with Crippen molar-refractivity contribution in [1.82, 2.24) is 9.97 Å². The van der Waals surface area contributed by atoms with Crippen molar-refractivity contribution in [3.63, 3.8) is 0 Å². The highest BCUT2D eigenvalue weighted by Gasteiger charge is 1.97. The number of hydrogen-bond acceptors (Lipinski definition) is 4. The maximum Gasteiger partial charge on any atom is 0.319 e. The van der Waals surface area contributed by atoms with E-state index in [0.717, 1.165) is 0 Å². The summed E-state index contributed by atoms with van der Waals surface area (Å²) in [4.78, 5) is 7.75. The summed E-state index contributed by atoms with van der Waals surface area (Å²) < 4.78 is 9.96. The Hall–Kier alpha value is -1.58. The molecule has 0 fully saturated rings. The van der Waals surface area contributed by atoms with E-state index in [1.807, 2.05) is 0 Å². The van der Waals surface area contributed by atoms with E-state index in [4.69, 9.17) is 9.47 Å². The van der Waals surface area contributed by atoms with E-state index in [9.17, 15) is 0 Å². The Labute approximate surface area is 70.9 Å². The van der Waals surface area contributed by atoms with Crippen LogP contribution < -0.4 is 9.47 Å². The lowest BCUT2D eigenvalue weighted by atomic mass is 10.6. The molecule has 4 nitrogen and oxygen atoms in total. The van der Waals surface area contributed by atoms with Crippen LogP contribution in [0.3, 0.4) is 0 Å². The number of aromatic nitrogens is 2. The molecule has 0 aliphatic carbocycles. The highest BCUT2D eigenvalue weighted by atomic mass is 16.5. The molecule has 0 aromatic carbocycles. The predicted molar refractivity (Wildman–Crippen MR) is 44.3 cm³/mol. The van der Waals surface area contributed by atoms with Gasteiger partial charge in [0.15, 0.2) is 0 Å². The van der Waals surface area contributed by atoms with Gasteiger partial charge in [-0.25, -0.2) is 4.98 Å². The lowest BCUT2D eigenvalue weighted by Crippen LogP contribution is -1.98. The molecule has 4 heteroatoms. The molecule has 0 amide bonds. The Morgan fingerprint density at radius 2 is 2.50 bits per heavy atom. The van der Waals surface area contributed by atoms with Crippen LogP contribution in [0.5, 0.6) is 11.9 Å². The molecule has 0 saturated heterocycles. The van der Waals surface area contributed by atoms with Gasteiger partial charge in [0.25, 0.3) is 0 Å². The molecule has 1 rings (SSSR count). The Bertz CT molecular complexity index is 263. The van der Waals surface area contributed by atoms with Crippen LogP contribution in [-0.2, 0) is 0 Å². The van der Waals surface area contributed by atoms with Crippen molar-refractivity contribution in [2.75, 3.05) is 13.7 Å². The Balaban J connectivity index is 2.65. The fraction of sp³-hybridized carbons (Fsp3) is 0.250. The molecule has 0 saturated carbocycles. The third kappa shape index (κ3) is 2.23. The van der Waals surface area contributed by atoms with Crippen molar-refractivity contribution in [1.29, 1.82) is 0 Å². The molecule has 0 spiro atoms. The molecular weight excluding hydrogens is 156 g/mol. The minimum absolute atomic E-state index is 0.302.